The molecule has 30 heavy (non-hydrogen) atoms. The van der Waals surface area contributed by atoms with Crippen LogP contribution in [0, 0.1) is 0 Å². The molecule has 0 spiro atoms. The average molecular weight is 443 g/mol. The summed E-state index contributed by atoms with van der Waals surface area (Å²) in [6, 6.07) is 9.97. The molecule has 0 fully saturated rings. The van der Waals surface area contributed by atoms with Crippen LogP contribution in [0.5, 0.6) is 0 Å². The first kappa shape index (κ1) is 23.4. The molecule has 11 heteroatoms. The summed E-state index contributed by atoms with van der Waals surface area (Å²) in [7, 11) is -0.681. The van der Waals surface area contributed by atoms with Gasteiger partial charge in [0.1, 0.15) is 0 Å². The maximum atomic E-state index is 12.5. The van der Waals surface area contributed by atoms with E-state index in [0.29, 0.717) is 11.3 Å². The van der Waals surface area contributed by atoms with Gasteiger partial charge in [0, 0.05) is 19.8 Å². The third kappa shape index (κ3) is 6.04. The Bertz CT molecular complexity index is 1020. The lowest BCUT2D eigenvalue weighted by Gasteiger charge is -2.11. The number of amides is 1. The Morgan fingerprint density at radius 1 is 1.07 bits per heavy atom. The fourth-order valence-electron chi connectivity index (χ4n) is 2.26. The van der Waals surface area contributed by atoms with Crippen LogP contribution in [0.4, 0.5) is 18.9 Å². The predicted molar refractivity (Wildman–Crippen MR) is 106 cm³/mol. The Kier molecular flexibility index (Phi) is 7.21. The highest BCUT2D eigenvalue weighted by Crippen LogP contribution is 2.29. The molecule has 162 valence electrons. The molecule has 0 radical (unpaired) electrons. The highest BCUT2D eigenvalue weighted by molar-refractivity contribution is 7.89. The van der Waals surface area contributed by atoms with Crippen LogP contribution in [-0.2, 0) is 25.8 Å². The number of carbonyl (C=O) groups excluding carboxylic acids is 1. The van der Waals surface area contributed by atoms with Gasteiger partial charge in [-0.25, -0.2) is 12.7 Å². The molecule has 0 aliphatic carbocycles. The zero-order valence-corrected chi connectivity index (χ0v) is 17.2. The van der Waals surface area contributed by atoms with Gasteiger partial charge in [-0.15, -0.1) is 0 Å². The molecule has 0 unspecified atom stereocenters. The van der Waals surface area contributed by atoms with E-state index in [0.717, 1.165) is 28.6 Å². The number of benzene rings is 2. The predicted octanol–water partition coefficient (Wildman–Crippen LogP) is 3.34. The van der Waals surface area contributed by atoms with Crippen molar-refractivity contribution in [3.63, 3.8) is 0 Å². The molecule has 0 heterocycles. The molecule has 2 rings (SSSR count). The third-order valence-electron chi connectivity index (χ3n) is 3.94. The van der Waals surface area contributed by atoms with E-state index in [1.165, 1.54) is 26.2 Å². The van der Waals surface area contributed by atoms with Gasteiger partial charge in [-0.1, -0.05) is 17.3 Å². The zero-order chi connectivity index (χ0) is 22.5. The lowest BCUT2D eigenvalue weighted by molar-refractivity contribution is -0.137. The Morgan fingerprint density at radius 2 is 1.63 bits per heavy atom. The fourth-order valence-corrected chi connectivity index (χ4v) is 3.16. The molecule has 1 amide bonds. The molecular formula is C19H20F3N3O4S. The minimum atomic E-state index is -4.45. The van der Waals surface area contributed by atoms with E-state index in [1.807, 2.05) is 0 Å². The highest BCUT2D eigenvalue weighted by Gasteiger charge is 2.30. The standard InChI is InChI=1S/C19H20F3N3O4S/c1-13(14-4-10-17(11-5-14)30(27,28)25(2)3)24-29-12-18(26)23-16-8-6-15(7-9-16)19(20,21)22/h4-11H,12H2,1-3H3,(H,23,26)/b24-13+. The van der Waals surface area contributed by atoms with E-state index >= 15 is 0 Å². The van der Waals surface area contributed by atoms with Gasteiger partial charge in [0.2, 0.25) is 10.0 Å². The van der Waals surface area contributed by atoms with Crippen LogP contribution in [0.3, 0.4) is 0 Å². The molecule has 0 atom stereocenters. The zero-order valence-electron chi connectivity index (χ0n) is 16.4. The van der Waals surface area contributed by atoms with E-state index in [9.17, 15) is 26.4 Å². The molecule has 0 aliphatic rings. The minimum Gasteiger partial charge on any atom is -0.385 e. The largest absolute Gasteiger partial charge is 0.416 e. The van der Waals surface area contributed by atoms with Gasteiger partial charge >= 0.3 is 6.18 Å². The molecule has 2 aromatic carbocycles. The van der Waals surface area contributed by atoms with E-state index < -0.39 is 34.3 Å². The number of hydrogen-bond donors (Lipinski definition) is 1. The first-order chi connectivity index (χ1) is 13.9. The summed E-state index contributed by atoms with van der Waals surface area (Å²) in [5, 5.41) is 6.19. The van der Waals surface area contributed by atoms with E-state index in [2.05, 4.69) is 10.5 Å². The topological polar surface area (TPSA) is 88.1 Å². The number of nitrogens with one attached hydrogen (secondary N) is 1. The number of halogens is 3. The van der Waals surface area contributed by atoms with Crippen molar-refractivity contribution in [1.82, 2.24) is 4.31 Å². The van der Waals surface area contributed by atoms with Crippen molar-refractivity contribution in [3.8, 4) is 0 Å². The van der Waals surface area contributed by atoms with E-state index in [1.54, 1.807) is 19.1 Å². The van der Waals surface area contributed by atoms with Crippen molar-refractivity contribution in [2.24, 2.45) is 5.16 Å². The Morgan fingerprint density at radius 3 is 2.13 bits per heavy atom. The van der Waals surface area contributed by atoms with Crippen molar-refractivity contribution in [2.45, 2.75) is 18.0 Å². The summed E-state index contributed by atoms with van der Waals surface area (Å²) in [4.78, 5) is 16.9. The van der Waals surface area contributed by atoms with Gasteiger partial charge in [-0.2, -0.15) is 13.2 Å². The van der Waals surface area contributed by atoms with Crippen LogP contribution in [0.25, 0.3) is 0 Å². The number of anilines is 1. The molecule has 0 saturated heterocycles. The van der Waals surface area contributed by atoms with Gasteiger partial charge in [-0.3, -0.25) is 4.79 Å². The maximum absolute atomic E-state index is 12.5. The average Bonchev–Trinajstić information content (AvgIpc) is 2.67. The second-order valence-corrected chi connectivity index (χ2v) is 8.54. The van der Waals surface area contributed by atoms with Crippen molar-refractivity contribution >= 4 is 27.3 Å². The minimum absolute atomic E-state index is 0.126. The molecular weight excluding hydrogens is 423 g/mol. The van der Waals surface area contributed by atoms with E-state index in [4.69, 9.17) is 4.84 Å². The second-order valence-electron chi connectivity index (χ2n) is 6.39. The normalized spacial score (nSPS) is 12.7. The molecule has 2 aromatic rings. The van der Waals surface area contributed by atoms with Crippen LogP contribution in [0.1, 0.15) is 18.1 Å². The lowest BCUT2D eigenvalue weighted by Crippen LogP contribution is -2.22. The SMILES string of the molecule is C/C(=N\OCC(=O)Nc1ccc(C(F)(F)F)cc1)c1ccc(S(=O)(=O)N(C)C)cc1. The van der Waals surface area contributed by atoms with Crippen LogP contribution in [0.15, 0.2) is 58.6 Å². The van der Waals surface area contributed by atoms with Gasteiger partial charge in [0.25, 0.3) is 5.91 Å². The number of rotatable bonds is 7. The molecule has 0 aliphatic heterocycles. The number of nitrogens with zero attached hydrogens (tertiary/aromatic N) is 2. The molecule has 0 bridgehead atoms. The molecule has 7 nitrogen and oxygen atoms in total. The van der Waals surface area contributed by atoms with E-state index in [-0.39, 0.29) is 10.6 Å². The van der Waals surface area contributed by atoms with Crippen LogP contribution < -0.4 is 5.32 Å². The third-order valence-corrected chi connectivity index (χ3v) is 5.77. The summed E-state index contributed by atoms with van der Waals surface area (Å²) in [6.45, 7) is 1.16. The molecule has 0 aromatic heterocycles. The summed E-state index contributed by atoms with van der Waals surface area (Å²) >= 11 is 0. The number of alkyl halides is 3. The van der Waals surface area contributed by atoms with Gasteiger partial charge in [0.05, 0.1) is 16.2 Å². The number of sulfonamides is 1. The van der Waals surface area contributed by atoms with Crippen LogP contribution in [0.2, 0.25) is 0 Å². The lowest BCUT2D eigenvalue weighted by atomic mass is 10.1. The smallest absolute Gasteiger partial charge is 0.385 e. The first-order valence-electron chi connectivity index (χ1n) is 8.58. The Hall–Kier alpha value is -2.92. The van der Waals surface area contributed by atoms with Crippen molar-refractivity contribution < 1.29 is 31.2 Å². The number of hydrogen-bond acceptors (Lipinski definition) is 5. The van der Waals surface area contributed by atoms with Gasteiger partial charge in [-0.05, 0) is 48.9 Å². The Balaban J connectivity index is 1.92. The summed E-state index contributed by atoms with van der Waals surface area (Å²) in [5.41, 5.74) is 0.373. The van der Waals surface area contributed by atoms with Crippen molar-refractivity contribution in [1.29, 1.82) is 0 Å². The van der Waals surface area contributed by atoms with Crippen LogP contribution in [-0.4, -0.2) is 45.0 Å². The molecule has 0 saturated carbocycles. The highest BCUT2D eigenvalue weighted by atomic mass is 32.2. The number of carbonyl (C=O) groups is 1. The van der Waals surface area contributed by atoms with Crippen molar-refractivity contribution in [2.75, 3.05) is 26.0 Å². The fraction of sp³-hybridized carbons (Fsp3) is 0.263. The van der Waals surface area contributed by atoms with Gasteiger partial charge < -0.3 is 10.2 Å². The monoisotopic (exact) mass is 443 g/mol. The summed E-state index contributed by atoms with van der Waals surface area (Å²) in [5.74, 6) is -0.598. The first-order valence-corrected chi connectivity index (χ1v) is 10.0. The molecule has 1 N–H and O–H groups in total. The number of oxime groups is 1. The summed E-state index contributed by atoms with van der Waals surface area (Å²) in [6.07, 6.45) is -4.45. The summed E-state index contributed by atoms with van der Waals surface area (Å²) < 4.78 is 62.8. The second kappa shape index (κ2) is 9.26. The maximum Gasteiger partial charge on any atom is 0.416 e. The van der Waals surface area contributed by atoms with Crippen LogP contribution >= 0.6 is 0 Å². The Labute approximate surface area is 172 Å². The van der Waals surface area contributed by atoms with Gasteiger partial charge in [0.15, 0.2) is 6.61 Å². The quantitative estimate of drug-likeness (QED) is 0.525. The van der Waals surface area contributed by atoms with Crippen molar-refractivity contribution in [3.05, 3.63) is 59.7 Å².